The lowest BCUT2D eigenvalue weighted by atomic mass is 9.82. The van der Waals surface area contributed by atoms with Crippen LogP contribution in [-0.2, 0) is 14.3 Å². The Labute approximate surface area is 113 Å². The van der Waals surface area contributed by atoms with Crippen molar-refractivity contribution >= 4 is 11.9 Å². The van der Waals surface area contributed by atoms with Crippen LogP contribution in [0.5, 0.6) is 0 Å². The summed E-state index contributed by atoms with van der Waals surface area (Å²) in [5.74, 6) is -1.69. The molecule has 0 saturated carbocycles. The molecule has 0 spiro atoms. The van der Waals surface area contributed by atoms with Crippen LogP contribution < -0.4 is 5.32 Å². The van der Waals surface area contributed by atoms with Crippen molar-refractivity contribution in [2.45, 2.75) is 25.7 Å². The van der Waals surface area contributed by atoms with Crippen LogP contribution in [0.2, 0.25) is 0 Å². The minimum Gasteiger partial charge on any atom is -0.481 e. The molecule has 106 valence electrons. The van der Waals surface area contributed by atoms with E-state index in [2.05, 4.69) is 5.32 Å². The largest absolute Gasteiger partial charge is 0.481 e. The molecule has 1 heterocycles. The van der Waals surface area contributed by atoms with Gasteiger partial charge in [0.15, 0.2) is 0 Å². The average Bonchev–Trinajstić information content (AvgIpc) is 2.46. The number of carboxylic acid groups (broad SMARTS) is 1. The monoisotopic (exact) mass is 267 g/mol. The molecule has 0 aromatic carbocycles. The summed E-state index contributed by atoms with van der Waals surface area (Å²) >= 11 is 0. The van der Waals surface area contributed by atoms with Crippen molar-refractivity contribution < 1.29 is 19.4 Å². The van der Waals surface area contributed by atoms with Gasteiger partial charge in [0, 0.05) is 13.2 Å². The van der Waals surface area contributed by atoms with Crippen molar-refractivity contribution in [2.75, 3.05) is 19.8 Å². The molecule has 5 nitrogen and oxygen atoms in total. The van der Waals surface area contributed by atoms with Gasteiger partial charge in [-0.2, -0.15) is 0 Å². The van der Waals surface area contributed by atoms with E-state index in [-0.39, 0.29) is 5.91 Å². The fourth-order valence-electron chi connectivity index (χ4n) is 2.72. The number of carbonyl (C=O) groups is 2. The van der Waals surface area contributed by atoms with E-state index >= 15 is 0 Å². The molecule has 1 aliphatic heterocycles. The minimum absolute atomic E-state index is 0.137. The number of amides is 1. The lowest BCUT2D eigenvalue weighted by molar-refractivity contribution is -0.147. The van der Waals surface area contributed by atoms with Crippen LogP contribution in [-0.4, -0.2) is 36.7 Å². The van der Waals surface area contributed by atoms with E-state index in [1.54, 1.807) is 0 Å². The first-order valence-electron chi connectivity index (χ1n) is 6.91. The highest BCUT2D eigenvalue weighted by Crippen LogP contribution is 2.26. The van der Waals surface area contributed by atoms with Crippen LogP contribution in [0.25, 0.3) is 0 Å². The van der Waals surface area contributed by atoms with E-state index in [1.165, 1.54) is 0 Å². The molecule has 19 heavy (non-hydrogen) atoms. The van der Waals surface area contributed by atoms with Crippen molar-refractivity contribution in [3.63, 3.8) is 0 Å². The summed E-state index contributed by atoms with van der Waals surface area (Å²) in [5, 5.41) is 12.0. The summed E-state index contributed by atoms with van der Waals surface area (Å²) in [4.78, 5) is 23.2. The summed E-state index contributed by atoms with van der Waals surface area (Å²) in [6, 6.07) is 0. The quantitative estimate of drug-likeness (QED) is 0.750. The second-order valence-electron chi connectivity index (χ2n) is 5.32. The summed E-state index contributed by atoms with van der Waals surface area (Å²) in [6.07, 6.45) is 6.80. The lowest BCUT2D eigenvalue weighted by Gasteiger charge is -2.26. The molecule has 1 fully saturated rings. The van der Waals surface area contributed by atoms with Gasteiger partial charge in [-0.15, -0.1) is 0 Å². The predicted molar refractivity (Wildman–Crippen MR) is 69.5 cm³/mol. The van der Waals surface area contributed by atoms with Gasteiger partial charge < -0.3 is 15.2 Å². The van der Waals surface area contributed by atoms with E-state index in [1.807, 2.05) is 12.2 Å². The topological polar surface area (TPSA) is 75.6 Å². The Hall–Kier alpha value is -1.36. The Morgan fingerprint density at radius 3 is 2.63 bits per heavy atom. The molecule has 1 unspecified atom stereocenters. The van der Waals surface area contributed by atoms with Crippen LogP contribution >= 0.6 is 0 Å². The molecular weight excluding hydrogens is 246 g/mol. The molecule has 2 rings (SSSR count). The zero-order chi connectivity index (χ0) is 13.7. The van der Waals surface area contributed by atoms with Crippen LogP contribution in [0.15, 0.2) is 12.2 Å². The Morgan fingerprint density at radius 1 is 1.26 bits per heavy atom. The van der Waals surface area contributed by atoms with E-state index in [0.717, 1.165) is 19.4 Å². The molecule has 1 saturated heterocycles. The molecule has 0 radical (unpaired) electrons. The molecule has 3 atom stereocenters. The Balaban J connectivity index is 1.84. The maximum atomic E-state index is 12.1. The summed E-state index contributed by atoms with van der Waals surface area (Å²) in [7, 11) is 0. The Bertz CT molecular complexity index is 360. The highest BCUT2D eigenvalue weighted by Gasteiger charge is 2.34. The number of aliphatic carboxylic acids is 1. The van der Waals surface area contributed by atoms with Gasteiger partial charge in [0.1, 0.15) is 0 Å². The number of hydrogen-bond acceptors (Lipinski definition) is 3. The predicted octanol–water partition coefficient (Wildman–Crippen LogP) is 1.20. The SMILES string of the molecule is O=C(O)[C@H]1CC=CC[C@H]1C(=O)NCC1CCCOC1. The molecule has 0 bridgehead atoms. The van der Waals surface area contributed by atoms with E-state index in [9.17, 15) is 9.59 Å². The van der Waals surface area contributed by atoms with Gasteiger partial charge >= 0.3 is 5.97 Å². The van der Waals surface area contributed by atoms with E-state index in [0.29, 0.717) is 31.9 Å². The van der Waals surface area contributed by atoms with Crippen molar-refractivity contribution in [2.24, 2.45) is 17.8 Å². The van der Waals surface area contributed by atoms with Gasteiger partial charge in [-0.05, 0) is 31.6 Å². The molecule has 5 heteroatoms. The second-order valence-corrected chi connectivity index (χ2v) is 5.32. The number of rotatable bonds is 4. The van der Waals surface area contributed by atoms with Crippen molar-refractivity contribution in [1.82, 2.24) is 5.32 Å². The zero-order valence-corrected chi connectivity index (χ0v) is 11.0. The van der Waals surface area contributed by atoms with Crippen LogP contribution in [0, 0.1) is 17.8 Å². The molecular formula is C14H21NO4. The number of ether oxygens (including phenoxy) is 1. The van der Waals surface area contributed by atoms with Gasteiger partial charge in [-0.3, -0.25) is 9.59 Å². The van der Waals surface area contributed by atoms with E-state index < -0.39 is 17.8 Å². The minimum atomic E-state index is -0.884. The van der Waals surface area contributed by atoms with Crippen molar-refractivity contribution in [3.8, 4) is 0 Å². The maximum Gasteiger partial charge on any atom is 0.307 e. The third-order valence-corrected chi connectivity index (χ3v) is 3.91. The number of carbonyl (C=O) groups excluding carboxylic acids is 1. The average molecular weight is 267 g/mol. The second kappa shape index (κ2) is 6.70. The highest BCUT2D eigenvalue weighted by atomic mass is 16.5. The summed E-state index contributed by atoms with van der Waals surface area (Å²) in [5.41, 5.74) is 0. The first-order valence-corrected chi connectivity index (χ1v) is 6.91. The number of carboxylic acids is 1. The Morgan fingerprint density at radius 2 is 2.00 bits per heavy atom. The molecule has 2 N–H and O–H groups in total. The Kier molecular flexibility index (Phi) is 4.96. The first-order chi connectivity index (χ1) is 9.18. The molecule has 2 aliphatic rings. The molecule has 0 aromatic heterocycles. The number of hydrogen-bond donors (Lipinski definition) is 2. The fraction of sp³-hybridized carbons (Fsp3) is 0.714. The summed E-state index contributed by atoms with van der Waals surface area (Å²) < 4.78 is 5.36. The summed E-state index contributed by atoms with van der Waals surface area (Å²) in [6.45, 7) is 2.08. The van der Waals surface area contributed by atoms with Gasteiger partial charge in [-0.1, -0.05) is 12.2 Å². The van der Waals surface area contributed by atoms with Gasteiger partial charge in [0.2, 0.25) is 5.91 Å². The number of allylic oxidation sites excluding steroid dienone is 2. The first kappa shape index (κ1) is 14.1. The normalized spacial score (nSPS) is 30.8. The standard InChI is InChI=1S/C14H21NO4/c16-13(15-8-10-4-3-7-19-9-10)11-5-1-2-6-12(11)14(17)18/h1-2,10-12H,3-9H2,(H,15,16)(H,17,18)/t10?,11-,12+/m1/s1. The van der Waals surface area contributed by atoms with Gasteiger partial charge in [-0.25, -0.2) is 0 Å². The molecule has 0 aromatic rings. The molecule has 1 aliphatic carbocycles. The van der Waals surface area contributed by atoms with Crippen molar-refractivity contribution in [1.29, 1.82) is 0 Å². The van der Waals surface area contributed by atoms with Crippen LogP contribution in [0.3, 0.4) is 0 Å². The third kappa shape index (κ3) is 3.80. The van der Waals surface area contributed by atoms with Crippen LogP contribution in [0.4, 0.5) is 0 Å². The zero-order valence-electron chi connectivity index (χ0n) is 11.0. The molecule has 1 amide bonds. The lowest BCUT2D eigenvalue weighted by Crippen LogP contribution is -2.41. The number of nitrogens with one attached hydrogen (secondary N) is 1. The van der Waals surface area contributed by atoms with Crippen molar-refractivity contribution in [3.05, 3.63) is 12.2 Å². The highest BCUT2D eigenvalue weighted by molar-refractivity contribution is 5.85. The van der Waals surface area contributed by atoms with Crippen LogP contribution in [0.1, 0.15) is 25.7 Å². The van der Waals surface area contributed by atoms with Gasteiger partial charge in [0.05, 0.1) is 18.4 Å². The fourth-order valence-corrected chi connectivity index (χ4v) is 2.72. The van der Waals surface area contributed by atoms with E-state index in [4.69, 9.17) is 9.84 Å². The van der Waals surface area contributed by atoms with Gasteiger partial charge in [0.25, 0.3) is 0 Å². The third-order valence-electron chi connectivity index (χ3n) is 3.91. The smallest absolute Gasteiger partial charge is 0.307 e. The maximum absolute atomic E-state index is 12.1.